The Labute approximate surface area is 76.3 Å². The van der Waals surface area contributed by atoms with E-state index < -0.39 is 16.5 Å². The molecule has 0 bridgehead atoms. The van der Waals surface area contributed by atoms with Crippen LogP contribution < -0.4 is 0 Å². The fraction of sp³-hybridized carbons (Fsp3) is 0.833. The highest BCUT2D eigenvalue weighted by Gasteiger charge is 2.44. The second-order valence-corrected chi connectivity index (χ2v) is 3.96. The normalized spacial score (nSPS) is 28.6. The Morgan fingerprint density at radius 3 is 2.64 bits per heavy atom. The van der Waals surface area contributed by atoms with Crippen molar-refractivity contribution in [3.8, 4) is 0 Å². The van der Waals surface area contributed by atoms with Crippen LogP contribution in [0.25, 0.3) is 0 Å². The lowest BCUT2D eigenvalue weighted by Gasteiger charge is -2.09. The van der Waals surface area contributed by atoms with Crippen LogP contribution in [0.3, 0.4) is 0 Å². The van der Waals surface area contributed by atoms with Crippen molar-refractivity contribution in [3.63, 3.8) is 0 Å². The van der Waals surface area contributed by atoms with Gasteiger partial charge in [-0.2, -0.15) is 0 Å². The molecule has 1 aliphatic heterocycles. The van der Waals surface area contributed by atoms with E-state index in [-0.39, 0.29) is 0 Å². The third kappa shape index (κ3) is 2.04. The maximum atomic E-state index is 10.9. The summed E-state index contributed by atoms with van der Waals surface area (Å²) in [6.07, 6.45) is 1.12. The smallest absolute Gasteiger partial charge is 0.362 e. The van der Waals surface area contributed by atoms with Gasteiger partial charge in [0.05, 0.1) is 0 Å². The van der Waals surface area contributed by atoms with E-state index in [0.29, 0.717) is 6.42 Å². The summed E-state index contributed by atoms with van der Waals surface area (Å²) in [4.78, 5) is 10.9. The maximum absolute atomic E-state index is 10.9. The van der Waals surface area contributed by atoms with Gasteiger partial charge in [0.15, 0.2) is 0 Å². The monoisotopic (exact) mass is 194 g/mol. The van der Waals surface area contributed by atoms with E-state index in [0.717, 1.165) is 6.42 Å². The van der Waals surface area contributed by atoms with Crippen LogP contribution in [0.2, 0.25) is 0 Å². The van der Waals surface area contributed by atoms with Gasteiger partial charge in [0.1, 0.15) is 0 Å². The van der Waals surface area contributed by atoms with Gasteiger partial charge in [-0.15, -0.1) is 25.3 Å². The van der Waals surface area contributed by atoms with Gasteiger partial charge in [-0.1, -0.05) is 13.3 Å². The molecule has 1 unspecified atom stereocenters. The Morgan fingerprint density at radius 2 is 2.27 bits per heavy atom. The molecule has 0 amide bonds. The molecule has 11 heavy (non-hydrogen) atoms. The number of ether oxygens (including phenoxy) is 2. The van der Waals surface area contributed by atoms with Crippen molar-refractivity contribution < 1.29 is 14.3 Å². The highest BCUT2D eigenvalue weighted by molar-refractivity contribution is 8.01. The van der Waals surface area contributed by atoms with Gasteiger partial charge in [-0.3, -0.25) is 0 Å². The summed E-state index contributed by atoms with van der Waals surface area (Å²) in [5.41, 5.74) is 0. The van der Waals surface area contributed by atoms with Crippen LogP contribution in [0.15, 0.2) is 0 Å². The lowest BCUT2D eigenvalue weighted by molar-refractivity contribution is -0.143. The van der Waals surface area contributed by atoms with Gasteiger partial charge in [0, 0.05) is 6.42 Å². The number of hydrogen-bond acceptors (Lipinski definition) is 5. The zero-order chi connectivity index (χ0) is 8.48. The topological polar surface area (TPSA) is 35.5 Å². The number of carbonyl (C=O) groups is 1. The largest absolute Gasteiger partial charge is 0.432 e. The van der Waals surface area contributed by atoms with Crippen molar-refractivity contribution in [1.29, 1.82) is 0 Å². The number of rotatable bonds is 2. The Morgan fingerprint density at radius 1 is 1.64 bits per heavy atom. The predicted molar refractivity (Wildman–Crippen MR) is 46.6 cm³/mol. The molecule has 1 aliphatic rings. The van der Waals surface area contributed by atoms with Gasteiger partial charge < -0.3 is 9.47 Å². The number of cyclic esters (lactones) is 1. The number of esters is 1. The molecular weight excluding hydrogens is 184 g/mol. The van der Waals surface area contributed by atoms with Crippen molar-refractivity contribution in [2.24, 2.45) is 0 Å². The van der Waals surface area contributed by atoms with E-state index >= 15 is 0 Å². The van der Waals surface area contributed by atoms with Crippen LogP contribution >= 0.6 is 25.3 Å². The Balaban J connectivity index is 2.50. The third-order valence-corrected chi connectivity index (χ3v) is 1.90. The highest BCUT2D eigenvalue weighted by Crippen LogP contribution is 2.33. The SMILES string of the molecule is CCCC1OC(=O)C(S)(S)O1. The number of thiol groups is 2. The molecule has 0 aliphatic carbocycles. The molecule has 0 aromatic carbocycles. The minimum atomic E-state index is -1.35. The third-order valence-electron chi connectivity index (χ3n) is 1.32. The second-order valence-electron chi connectivity index (χ2n) is 2.35. The van der Waals surface area contributed by atoms with Crippen LogP contribution in [0.4, 0.5) is 0 Å². The van der Waals surface area contributed by atoms with E-state index in [1.807, 2.05) is 6.92 Å². The van der Waals surface area contributed by atoms with Crippen molar-refractivity contribution >= 4 is 31.2 Å². The first kappa shape index (κ1) is 9.22. The van der Waals surface area contributed by atoms with E-state index in [9.17, 15) is 4.79 Å². The van der Waals surface area contributed by atoms with E-state index in [1.165, 1.54) is 0 Å². The van der Waals surface area contributed by atoms with Crippen LogP contribution in [0.1, 0.15) is 19.8 Å². The van der Waals surface area contributed by atoms with Crippen LogP contribution in [0.5, 0.6) is 0 Å². The van der Waals surface area contributed by atoms with Crippen molar-refractivity contribution in [2.75, 3.05) is 0 Å². The number of hydrogen-bond donors (Lipinski definition) is 2. The van der Waals surface area contributed by atoms with Gasteiger partial charge in [0.25, 0.3) is 4.27 Å². The van der Waals surface area contributed by atoms with Gasteiger partial charge >= 0.3 is 5.97 Å². The first-order valence-electron chi connectivity index (χ1n) is 3.40. The predicted octanol–water partition coefficient (Wildman–Crippen LogP) is 1.20. The molecule has 0 spiro atoms. The molecule has 1 saturated heterocycles. The first-order valence-corrected chi connectivity index (χ1v) is 4.29. The zero-order valence-electron chi connectivity index (χ0n) is 6.11. The van der Waals surface area contributed by atoms with Crippen molar-refractivity contribution in [3.05, 3.63) is 0 Å². The summed E-state index contributed by atoms with van der Waals surface area (Å²) in [5.74, 6) is -0.525. The van der Waals surface area contributed by atoms with Gasteiger partial charge in [-0.25, -0.2) is 4.79 Å². The van der Waals surface area contributed by atoms with Crippen LogP contribution in [0, 0.1) is 0 Å². The fourth-order valence-corrected chi connectivity index (χ4v) is 1.15. The molecule has 1 fully saturated rings. The van der Waals surface area contributed by atoms with E-state index in [4.69, 9.17) is 9.47 Å². The minimum Gasteiger partial charge on any atom is -0.432 e. The fourth-order valence-electron chi connectivity index (χ4n) is 0.805. The molecule has 1 rings (SSSR count). The van der Waals surface area contributed by atoms with Crippen LogP contribution in [-0.2, 0) is 14.3 Å². The molecule has 0 aromatic heterocycles. The molecule has 0 aromatic rings. The molecule has 0 N–H and O–H groups in total. The van der Waals surface area contributed by atoms with Crippen LogP contribution in [-0.4, -0.2) is 16.5 Å². The molecule has 3 nitrogen and oxygen atoms in total. The first-order chi connectivity index (χ1) is 5.06. The van der Waals surface area contributed by atoms with Gasteiger partial charge in [-0.05, 0) is 0 Å². The quantitative estimate of drug-likeness (QED) is 0.394. The Kier molecular flexibility index (Phi) is 2.72. The maximum Gasteiger partial charge on any atom is 0.362 e. The van der Waals surface area contributed by atoms with E-state index in [2.05, 4.69) is 25.3 Å². The molecule has 5 heteroatoms. The van der Waals surface area contributed by atoms with Crippen molar-refractivity contribution in [1.82, 2.24) is 0 Å². The average Bonchev–Trinajstić information content (AvgIpc) is 2.08. The summed E-state index contributed by atoms with van der Waals surface area (Å²) in [7, 11) is 0. The summed E-state index contributed by atoms with van der Waals surface area (Å²) in [6, 6.07) is 0. The Hall–Kier alpha value is 0.130. The average molecular weight is 194 g/mol. The van der Waals surface area contributed by atoms with E-state index in [1.54, 1.807) is 0 Å². The summed E-state index contributed by atoms with van der Waals surface area (Å²) in [5, 5.41) is 0. The summed E-state index contributed by atoms with van der Waals surface area (Å²) < 4.78 is 8.51. The molecule has 64 valence electrons. The molecule has 0 radical (unpaired) electrons. The number of carbonyl (C=O) groups excluding carboxylic acids is 1. The molecule has 1 atom stereocenters. The summed E-state index contributed by atoms with van der Waals surface area (Å²) in [6.45, 7) is 1.98. The second kappa shape index (κ2) is 3.25. The molecule has 1 heterocycles. The van der Waals surface area contributed by atoms with Crippen molar-refractivity contribution in [2.45, 2.75) is 30.3 Å². The highest BCUT2D eigenvalue weighted by atomic mass is 32.2. The molecule has 0 saturated carbocycles. The lowest BCUT2D eigenvalue weighted by Crippen LogP contribution is -2.21. The summed E-state index contributed by atoms with van der Waals surface area (Å²) >= 11 is 7.73. The standard InChI is InChI=1S/C6H10O3S2/c1-2-3-4-8-5(7)6(10,11)9-4/h4,10-11H,2-3H2,1H3. The zero-order valence-corrected chi connectivity index (χ0v) is 7.90. The lowest BCUT2D eigenvalue weighted by atomic mass is 10.3. The Bertz CT molecular complexity index is 169. The molecular formula is C6H10O3S2. The van der Waals surface area contributed by atoms with Gasteiger partial charge in [0.2, 0.25) is 6.29 Å². The minimum absolute atomic E-state index is 0.470.